The van der Waals surface area contributed by atoms with Crippen LogP contribution in [0.15, 0.2) is 48.6 Å². The number of carbonyl (C=O) groups excluding carboxylic acids is 2. The van der Waals surface area contributed by atoms with Crippen molar-refractivity contribution in [1.82, 2.24) is 5.32 Å². The third kappa shape index (κ3) is 59.1. The highest BCUT2D eigenvalue weighted by Crippen LogP contribution is 2.17. The monoisotopic (exact) mass is 1040 g/mol. The van der Waals surface area contributed by atoms with Crippen LogP contribution in [0.3, 0.4) is 0 Å². The molecule has 0 rings (SSSR count). The number of unbranched alkanes of at least 4 members (excludes halogenated alkanes) is 44. The molecule has 0 fully saturated rings. The normalized spacial score (nSPS) is 12.9. The molecule has 0 bridgehead atoms. The van der Waals surface area contributed by atoms with Crippen LogP contribution in [0.2, 0.25) is 0 Å². The lowest BCUT2D eigenvalue weighted by Crippen LogP contribution is -2.45. The summed E-state index contributed by atoms with van der Waals surface area (Å²) in [6, 6.07) is -0.624. The second-order valence-corrected chi connectivity index (χ2v) is 22.4. The molecule has 3 N–H and O–H groups in total. The van der Waals surface area contributed by atoms with Crippen LogP contribution in [0.4, 0.5) is 0 Å². The quantitative estimate of drug-likeness (QED) is 0.0320. The molecule has 6 heteroatoms. The van der Waals surface area contributed by atoms with Gasteiger partial charge in [-0.05, 0) is 83.5 Å². The molecule has 0 aliphatic rings. The van der Waals surface area contributed by atoms with E-state index >= 15 is 0 Å². The SMILES string of the molecule is CCC/C=C\C/C=C\CCCCCCCC(=O)OCCCCCCCCCCCCCC/C=C\CCCCCCCCCCCCCCCCCCCC(=O)NC(CO)C(O)/C=C/CCCCCCCCCCC. The molecular weight excluding hydrogens is 911 g/mol. The summed E-state index contributed by atoms with van der Waals surface area (Å²) in [4.78, 5) is 24.5. The third-order valence-corrected chi connectivity index (χ3v) is 15.0. The Kier molecular flexibility index (Phi) is 61.5. The van der Waals surface area contributed by atoms with Gasteiger partial charge in [-0.15, -0.1) is 0 Å². The van der Waals surface area contributed by atoms with Crippen LogP contribution in [0, 0.1) is 0 Å². The minimum atomic E-state index is -0.841. The molecule has 0 aliphatic carbocycles. The van der Waals surface area contributed by atoms with Gasteiger partial charge in [-0.3, -0.25) is 9.59 Å². The van der Waals surface area contributed by atoms with E-state index in [2.05, 4.69) is 55.6 Å². The highest BCUT2D eigenvalue weighted by Gasteiger charge is 2.18. The smallest absolute Gasteiger partial charge is 0.305 e. The van der Waals surface area contributed by atoms with Gasteiger partial charge in [-0.1, -0.05) is 300 Å². The Hall–Kier alpha value is -2.18. The molecule has 434 valence electrons. The minimum absolute atomic E-state index is 0.00271. The van der Waals surface area contributed by atoms with Gasteiger partial charge in [0.25, 0.3) is 0 Å². The summed E-state index contributed by atoms with van der Waals surface area (Å²) in [6.07, 6.45) is 81.9. The number of aliphatic hydroxyl groups excluding tert-OH is 2. The number of ether oxygens (including phenoxy) is 1. The van der Waals surface area contributed by atoms with Crippen LogP contribution >= 0.6 is 0 Å². The fourth-order valence-corrected chi connectivity index (χ4v) is 10.0. The topological polar surface area (TPSA) is 95.9 Å². The van der Waals surface area contributed by atoms with Crippen LogP contribution in [0.1, 0.15) is 348 Å². The number of carbonyl (C=O) groups is 2. The Morgan fingerprint density at radius 1 is 0.378 bits per heavy atom. The van der Waals surface area contributed by atoms with Gasteiger partial charge >= 0.3 is 5.97 Å². The molecule has 6 nitrogen and oxygen atoms in total. The van der Waals surface area contributed by atoms with Gasteiger partial charge < -0.3 is 20.3 Å². The number of hydrogen-bond donors (Lipinski definition) is 3. The number of hydrogen-bond acceptors (Lipinski definition) is 5. The number of esters is 1. The zero-order valence-electron chi connectivity index (χ0n) is 49.6. The van der Waals surface area contributed by atoms with E-state index in [1.165, 1.54) is 270 Å². The molecule has 0 heterocycles. The molecule has 0 saturated carbocycles. The molecular formula is C68H127NO5. The fraction of sp³-hybridized carbons (Fsp3) is 0.853. The Bertz CT molecular complexity index is 1240. The highest BCUT2D eigenvalue weighted by molar-refractivity contribution is 5.76. The minimum Gasteiger partial charge on any atom is -0.466 e. The maximum absolute atomic E-state index is 12.4. The zero-order valence-corrected chi connectivity index (χ0v) is 49.6. The molecule has 74 heavy (non-hydrogen) atoms. The van der Waals surface area contributed by atoms with Crippen molar-refractivity contribution in [3.8, 4) is 0 Å². The maximum Gasteiger partial charge on any atom is 0.305 e. The average Bonchev–Trinajstić information content (AvgIpc) is 3.40. The first kappa shape index (κ1) is 71.8. The fourth-order valence-electron chi connectivity index (χ4n) is 10.0. The first-order valence-corrected chi connectivity index (χ1v) is 32.9. The lowest BCUT2D eigenvalue weighted by molar-refractivity contribution is -0.143. The number of nitrogens with one attached hydrogen (secondary N) is 1. The largest absolute Gasteiger partial charge is 0.466 e. The number of rotatable bonds is 61. The summed E-state index contributed by atoms with van der Waals surface area (Å²) in [5.74, 6) is -0.0628. The van der Waals surface area contributed by atoms with Crippen molar-refractivity contribution < 1.29 is 24.5 Å². The van der Waals surface area contributed by atoms with Gasteiger partial charge in [0.05, 0.1) is 25.4 Å². The van der Waals surface area contributed by atoms with E-state index in [1.54, 1.807) is 6.08 Å². The van der Waals surface area contributed by atoms with Crippen molar-refractivity contribution in [3.05, 3.63) is 48.6 Å². The van der Waals surface area contributed by atoms with Crippen LogP contribution in [0.5, 0.6) is 0 Å². The van der Waals surface area contributed by atoms with Crippen molar-refractivity contribution in [2.45, 2.75) is 360 Å². The second kappa shape index (κ2) is 63.4. The van der Waals surface area contributed by atoms with E-state index in [9.17, 15) is 19.8 Å². The maximum atomic E-state index is 12.4. The molecule has 0 saturated heterocycles. The summed E-state index contributed by atoms with van der Waals surface area (Å²) >= 11 is 0. The summed E-state index contributed by atoms with van der Waals surface area (Å²) in [7, 11) is 0. The van der Waals surface area contributed by atoms with E-state index in [1.807, 2.05) is 6.08 Å². The van der Waals surface area contributed by atoms with Crippen molar-refractivity contribution in [2.75, 3.05) is 13.2 Å². The second-order valence-electron chi connectivity index (χ2n) is 22.4. The summed E-state index contributed by atoms with van der Waals surface area (Å²) in [5, 5.41) is 23.0. The number of aliphatic hydroxyl groups is 2. The van der Waals surface area contributed by atoms with Gasteiger partial charge in [0.2, 0.25) is 5.91 Å². The Balaban J connectivity index is 3.35. The van der Waals surface area contributed by atoms with Gasteiger partial charge in [0.1, 0.15) is 0 Å². The van der Waals surface area contributed by atoms with Gasteiger partial charge in [0.15, 0.2) is 0 Å². The number of amides is 1. The van der Waals surface area contributed by atoms with Gasteiger partial charge in [-0.25, -0.2) is 0 Å². The lowest BCUT2D eigenvalue weighted by atomic mass is 10.0. The van der Waals surface area contributed by atoms with Crippen LogP contribution in [0.25, 0.3) is 0 Å². The molecule has 1 amide bonds. The summed E-state index contributed by atoms with van der Waals surface area (Å²) in [6.45, 7) is 4.83. The van der Waals surface area contributed by atoms with Crippen molar-refractivity contribution in [2.24, 2.45) is 0 Å². The van der Waals surface area contributed by atoms with E-state index < -0.39 is 12.1 Å². The predicted molar refractivity (Wildman–Crippen MR) is 324 cm³/mol. The van der Waals surface area contributed by atoms with Crippen molar-refractivity contribution in [1.29, 1.82) is 0 Å². The predicted octanol–water partition coefficient (Wildman–Crippen LogP) is 20.9. The van der Waals surface area contributed by atoms with Crippen LogP contribution in [-0.2, 0) is 14.3 Å². The highest BCUT2D eigenvalue weighted by atomic mass is 16.5. The first-order valence-electron chi connectivity index (χ1n) is 32.9. The Morgan fingerprint density at radius 2 is 0.703 bits per heavy atom. The molecule has 2 atom stereocenters. The molecule has 0 aromatic rings. The molecule has 0 aromatic heterocycles. The number of allylic oxidation sites excluding steroid dienone is 7. The van der Waals surface area contributed by atoms with Crippen LogP contribution in [-0.4, -0.2) is 47.4 Å². The molecule has 0 radical (unpaired) electrons. The molecule has 0 aliphatic heterocycles. The molecule has 2 unspecified atom stereocenters. The molecule has 0 spiro atoms. The van der Waals surface area contributed by atoms with Crippen molar-refractivity contribution in [3.63, 3.8) is 0 Å². The first-order chi connectivity index (χ1) is 36.5. The third-order valence-electron chi connectivity index (χ3n) is 15.0. The summed E-state index contributed by atoms with van der Waals surface area (Å²) < 4.78 is 5.47. The van der Waals surface area contributed by atoms with Gasteiger partial charge in [-0.2, -0.15) is 0 Å². The Labute approximate surface area is 461 Å². The van der Waals surface area contributed by atoms with Crippen LogP contribution < -0.4 is 5.32 Å². The Morgan fingerprint density at radius 3 is 1.09 bits per heavy atom. The van der Waals surface area contributed by atoms with E-state index in [4.69, 9.17) is 4.74 Å². The van der Waals surface area contributed by atoms with Gasteiger partial charge in [0, 0.05) is 12.8 Å². The van der Waals surface area contributed by atoms with E-state index in [-0.39, 0.29) is 18.5 Å². The summed E-state index contributed by atoms with van der Waals surface area (Å²) in [5.41, 5.74) is 0. The average molecular weight is 1040 g/mol. The molecule has 0 aromatic carbocycles. The lowest BCUT2D eigenvalue weighted by Gasteiger charge is -2.20. The van der Waals surface area contributed by atoms with Crippen molar-refractivity contribution >= 4 is 11.9 Å². The zero-order chi connectivity index (χ0) is 53.6. The van der Waals surface area contributed by atoms with E-state index in [0.29, 0.717) is 19.4 Å². The van der Waals surface area contributed by atoms with E-state index in [0.717, 1.165) is 51.4 Å². The standard InChI is InChI=1S/C68H127NO5/c1-3-5-7-9-11-13-15-37-42-46-50-54-58-62-68(73)74-63-59-55-51-47-43-39-36-34-32-30-28-26-24-22-20-18-16-17-19-21-23-25-27-29-31-33-35-38-41-45-49-53-57-61-67(72)69-65(64-70)66(71)60-56-52-48-44-40-14-12-10-8-6-4-2/h7,9,13,15,20,22,56,60,65-66,70-71H,3-6,8,10-12,14,16-19,21,23-55,57-59,61-64H2,1-2H3,(H,69,72)/b9-7-,15-13-,22-20-,60-56+.